The zero-order valence-electron chi connectivity index (χ0n) is 14.0. The first-order valence-corrected chi connectivity index (χ1v) is 7.84. The van der Waals surface area contributed by atoms with Gasteiger partial charge in [0.1, 0.15) is 0 Å². The molecular weight excluding hydrogens is 268 g/mol. The van der Waals surface area contributed by atoms with E-state index in [9.17, 15) is 14.7 Å². The topological polar surface area (TPSA) is 69.6 Å². The van der Waals surface area contributed by atoms with Crippen molar-refractivity contribution in [1.29, 1.82) is 0 Å². The van der Waals surface area contributed by atoms with E-state index in [-0.39, 0.29) is 17.2 Å². The third-order valence-electron chi connectivity index (χ3n) is 5.21. The van der Waals surface area contributed by atoms with Gasteiger partial charge in [0.05, 0.1) is 5.92 Å². The molecule has 0 aromatic carbocycles. The lowest BCUT2D eigenvalue weighted by molar-refractivity contribution is -0.150. The molecule has 0 heterocycles. The predicted molar refractivity (Wildman–Crippen MR) is 83.0 cm³/mol. The Morgan fingerprint density at radius 2 is 1.90 bits per heavy atom. The number of carboxylic acid groups (broad SMARTS) is 1. The van der Waals surface area contributed by atoms with E-state index < -0.39 is 5.97 Å². The van der Waals surface area contributed by atoms with Gasteiger partial charge in [-0.25, -0.2) is 0 Å². The van der Waals surface area contributed by atoms with Gasteiger partial charge in [-0.1, -0.05) is 20.8 Å². The molecule has 1 amide bonds. The van der Waals surface area contributed by atoms with E-state index >= 15 is 0 Å². The van der Waals surface area contributed by atoms with Crippen LogP contribution in [0.15, 0.2) is 0 Å². The number of carbonyl (C=O) groups is 2. The lowest BCUT2D eigenvalue weighted by Gasteiger charge is -2.46. The number of nitrogens with zero attached hydrogens (tertiary/aromatic N) is 1. The first kappa shape index (κ1) is 18.0. The number of hydrogen-bond acceptors (Lipinski definition) is 3. The van der Waals surface area contributed by atoms with E-state index in [2.05, 4.69) is 26.1 Å². The lowest BCUT2D eigenvalue weighted by Crippen LogP contribution is -2.51. The maximum Gasteiger partial charge on any atom is 0.307 e. The van der Waals surface area contributed by atoms with Gasteiger partial charge in [0, 0.05) is 26.6 Å². The minimum absolute atomic E-state index is 0.153. The van der Waals surface area contributed by atoms with Crippen LogP contribution in [0.3, 0.4) is 0 Å². The largest absolute Gasteiger partial charge is 0.481 e. The highest BCUT2D eigenvalue weighted by Gasteiger charge is 2.45. The minimum atomic E-state index is -0.679. The second kappa shape index (κ2) is 7.25. The van der Waals surface area contributed by atoms with E-state index in [4.69, 9.17) is 0 Å². The molecular formula is C16H30N2O3. The molecule has 21 heavy (non-hydrogen) atoms. The van der Waals surface area contributed by atoms with Crippen molar-refractivity contribution < 1.29 is 14.7 Å². The molecule has 5 nitrogen and oxygen atoms in total. The molecule has 0 aromatic heterocycles. The maximum absolute atomic E-state index is 11.5. The van der Waals surface area contributed by atoms with Crippen LogP contribution in [0.2, 0.25) is 0 Å². The molecule has 5 heteroatoms. The Hall–Kier alpha value is -1.10. The van der Waals surface area contributed by atoms with Gasteiger partial charge in [0.25, 0.3) is 0 Å². The fourth-order valence-electron chi connectivity index (χ4n) is 3.28. The van der Waals surface area contributed by atoms with Gasteiger partial charge in [0.2, 0.25) is 5.91 Å². The van der Waals surface area contributed by atoms with E-state index in [0.29, 0.717) is 18.4 Å². The summed E-state index contributed by atoms with van der Waals surface area (Å²) in [4.78, 5) is 24.5. The van der Waals surface area contributed by atoms with Gasteiger partial charge in [-0.2, -0.15) is 0 Å². The van der Waals surface area contributed by atoms with Crippen molar-refractivity contribution in [2.45, 2.75) is 52.5 Å². The molecule has 1 aliphatic carbocycles. The lowest BCUT2D eigenvalue weighted by atomic mass is 9.61. The number of carboxylic acids is 1. The van der Waals surface area contributed by atoms with Crippen LogP contribution in [0, 0.1) is 17.3 Å². The third kappa shape index (κ3) is 4.43. The van der Waals surface area contributed by atoms with Gasteiger partial charge in [-0.05, 0) is 37.1 Å². The van der Waals surface area contributed by atoms with E-state index in [1.54, 1.807) is 19.0 Å². The number of aliphatic carboxylic acids is 1. The SMILES string of the molecule is CC1C(NCCCC(=O)N(C)C)CCC(C(=O)O)C1(C)C. The second-order valence-corrected chi connectivity index (χ2v) is 7.03. The molecule has 1 saturated carbocycles. The van der Waals surface area contributed by atoms with Gasteiger partial charge in [-0.3, -0.25) is 9.59 Å². The zero-order chi connectivity index (χ0) is 16.2. The molecule has 0 spiro atoms. The molecule has 2 N–H and O–H groups in total. The molecule has 1 rings (SSSR count). The molecule has 3 atom stereocenters. The zero-order valence-corrected chi connectivity index (χ0v) is 14.0. The Morgan fingerprint density at radius 1 is 1.29 bits per heavy atom. The normalized spacial score (nSPS) is 28.1. The molecule has 122 valence electrons. The van der Waals surface area contributed by atoms with Crippen molar-refractivity contribution in [2.24, 2.45) is 17.3 Å². The Bertz CT molecular complexity index is 380. The number of nitrogens with one attached hydrogen (secondary N) is 1. The number of hydrogen-bond donors (Lipinski definition) is 2. The molecule has 0 saturated heterocycles. The maximum atomic E-state index is 11.5. The van der Waals surface area contributed by atoms with Gasteiger partial charge < -0.3 is 15.3 Å². The van der Waals surface area contributed by atoms with Gasteiger partial charge in [0.15, 0.2) is 0 Å². The summed E-state index contributed by atoms with van der Waals surface area (Å²) in [6.45, 7) is 7.06. The van der Waals surface area contributed by atoms with E-state index in [1.807, 2.05) is 0 Å². The van der Waals surface area contributed by atoms with Crippen LogP contribution in [0.5, 0.6) is 0 Å². The Balaban J connectivity index is 2.44. The van der Waals surface area contributed by atoms with Gasteiger partial charge in [-0.15, -0.1) is 0 Å². The predicted octanol–water partition coefficient (Wildman–Crippen LogP) is 1.97. The Morgan fingerprint density at radius 3 is 2.43 bits per heavy atom. The average Bonchev–Trinajstić information content (AvgIpc) is 2.38. The highest BCUT2D eigenvalue weighted by atomic mass is 16.4. The monoisotopic (exact) mass is 298 g/mol. The van der Waals surface area contributed by atoms with Crippen LogP contribution >= 0.6 is 0 Å². The second-order valence-electron chi connectivity index (χ2n) is 7.03. The summed E-state index contributed by atoms with van der Waals surface area (Å²) < 4.78 is 0. The van der Waals surface area contributed by atoms with Crippen molar-refractivity contribution in [3.63, 3.8) is 0 Å². The standard InChI is InChI=1S/C16H30N2O3/c1-11-13(17-10-6-7-14(19)18(4)5)9-8-12(15(20)21)16(11,2)3/h11-13,17H,6-10H2,1-5H3,(H,20,21). The van der Waals surface area contributed by atoms with E-state index in [1.165, 1.54) is 0 Å². The molecule has 0 radical (unpaired) electrons. The van der Waals surface area contributed by atoms with Crippen LogP contribution in [0.1, 0.15) is 46.5 Å². The fraction of sp³-hybridized carbons (Fsp3) is 0.875. The minimum Gasteiger partial charge on any atom is -0.481 e. The molecule has 3 unspecified atom stereocenters. The summed E-state index contributed by atoms with van der Waals surface area (Å²) in [5.41, 5.74) is -0.207. The van der Waals surface area contributed by atoms with Crippen LogP contribution in [0.4, 0.5) is 0 Å². The quantitative estimate of drug-likeness (QED) is 0.736. The fourth-order valence-corrected chi connectivity index (χ4v) is 3.28. The van der Waals surface area contributed by atoms with Crippen LogP contribution in [0.25, 0.3) is 0 Å². The number of rotatable bonds is 6. The summed E-state index contributed by atoms with van der Waals surface area (Å²) in [7, 11) is 3.54. The number of amides is 1. The molecule has 1 fully saturated rings. The molecule has 0 aromatic rings. The first-order valence-electron chi connectivity index (χ1n) is 7.84. The van der Waals surface area contributed by atoms with Crippen molar-refractivity contribution >= 4 is 11.9 Å². The molecule has 1 aliphatic rings. The number of carbonyl (C=O) groups excluding carboxylic acids is 1. The summed E-state index contributed by atoms with van der Waals surface area (Å²) in [5, 5.41) is 12.9. The van der Waals surface area contributed by atoms with Crippen LogP contribution < -0.4 is 5.32 Å². The Labute approximate surface area is 128 Å². The first-order chi connectivity index (χ1) is 9.67. The van der Waals surface area contributed by atoms with Crippen molar-refractivity contribution in [3.05, 3.63) is 0 Å². The van der Waals surface area contributed by atoms with Gasteiger partial charge >= 0.3 is 5.97 Å². The summed E-state index contributed by atoms with van der Waals surface area (Å²) in [6.07, 6.45) is 3.00. The highest BCUT2D eigenvalue weighted by molar-refractivity contribution is 5.75. The highest BCUT2D eigenvalue weighted by Crippen LogP contribution is 2.45. The van der Waals surface area contributed by atoms with Crippen molar-refractivity contribution in [1.82, 2.24) is 10.2 Å². The van der Waals surface area contributed by atoms with E-state index in [0.717, 1.165) is 25.8 Å². The summed E-state index contributed by atoms with van der Waals surface area (Å²) >= 11 is 0. The average molecular weight is 298 g/mol. The van der Waals surface area contributed by atoms with Crippen LogP contribution in [-0.4, -0.2) is 48.6 Å². The van der Waals surface area contributed by atoms with Crippen molar-refractivity contribution in [2.75, 3.05) is 20.6 Å². The molecule has 0 bridgehead atoms. The summed E-state index contributed by atoms with van der Waals surface area (Å²) in [6, 6.07) is 0.338. The van der Waals surface area contributed by atoms with Crippen molar-refractivity contribution in [3.8, 4) is 0 Å². The smallest absolute Gasteiger partial charge is 0.307 e. The Kier molecular flexibility index (Phi) is 6.20. The molecule has 0 aliphatic heterocycles. The third-order valence-corrected chi connectivity index (χ3v) is 5.21. The summed E-state index contributed by atoms with van der Waals surface area (Å²) in [5.74, 6) is -0.487. The van der Waals surface area contributed by atoms with Crippen LogP contribution in [-0.2, 0) is 9.59 Å².